The highest BCUT2D eigenvalue weighted by Gasteiger charge is 2.31. The maximum absolute atomic E-state index is 13.2. The van der Waals surface area contributed by atoms with E-state index in [0.717, 1.165) is 23.3 Å². The monoisotopic (exact) mass is 474 g/mol. The Hall–Kier alpha value is -3.20. The molecule has 2 aromatic heterocycles. The van der Waals surface area contributed by atoms with Crippen molar-refractivity contribution < 1.29 is 27.1 Å². The van der Waals surface area contributed by atoms with E-state index in [-0.39, 0.29) is 17.9 Å². The standard InChI is InChI=1S/C24H21F3N2O3S/c1-3-31-22(30)21-11-17(15(2)32-21)14-33-23-28-19-12-18(24(25,26)27)9-10-20(19)29(23)13-16-7-5-4-6-8-16/h4-12H,3,13-14H2,1-2H3. The molecule has 0 saturated carbocycles. The van der Waals surface area contributed by atoms with Crippen LogP contribution in [0.25, 0.3) is 11.0 Å². The van der Waals surface area contributed by atoms with Gasteiger partial charge in [-0.2, -0.15) is 13.2 Å². The van der Waals surface area contributed by atoms with Crippen LogP contribution in [0.3, 0.4) is 0 Å². The predicted octanol–water partition coefficient (Wildman–Crippen LogP) is 6.47. The van der Waals surface area contributed by atoms with Crippen molar-refractivity contribution in [1.29, 1.82) is 0 Å². The number of benzene rings is 2. The molecule has 0 atom stereocenters. The summed E-state index contributed by atoms with van der Waals surface area (Å²) in [6.45, 7) is 4.17. The van der Waals surface area contributed by atoms with Gasteiger partial charge in [0.1, 0.15) is 5.76 Å². The maximum Gasteiger partial charge on any atom is 0.416 e. The van der Waals surface area contributed by atoms with E-state index in [0.29, 0.717) is 28.7 Å². The molecule has 2 heterocycles. The average Bonchev–Trinajstić information content (AvgIpc) is 3.32. The molecule has 33 heavy (non-hydrogen) atoms. The lowest BCUT2D eigenvalue weighted by Gasteiger charge is -2.10. The fourth-order valence-electron chi connectivity index (χ4n) is 3.42. The van der Waals surface area contributed by atoms with Crippen LogP contribution in [0.1, 0.15) is 39.9 Å². The van der Waals surface area contributed by atoms with Crippen LogP contribution in [0.2, 0.25) is 0 Å². The highest BCUT2D eigenvalue weighted by atomic mass is 32.2. The normalized spacial score (nSPS) is 11.8. The van der Waals surface area contributed by atoms with E-state index in [4.69, 9.17) is 9.15 Å². The second-order valence-electron chi connectivity index (χ2n) is 7.37. The number of ether oxygens (including phenoxy) is 1. The van der Waals surface area contributed by atoms with Gasteiger partial charge >= 0.3 is 12.1 Å². The number of aromatic nitrogens is 2. The van der Waals surface area contributed by atoms with Gasteiger partial charge in [0.15, 0.2) is 5.16 Å². The minimum atomic E-state index is -4.44. The second-order valence-corrected chi connectivity index (χ2v) is 8.31. The zero-order chi connectivity index (χ0) is 23.6. The Morgan fingerprint density at radius 2 is 1.91 bits per heavy atom. The van der Waals surface area contributed by atoms with E-state index < -0.39 is 17.7 Å². The van der Waals surface area contributed by atoms with Crippen molar-refractivity contribution in [2.45, 2.75) is 37.5 Å². The highest BCUT2D eigenvalue weighted by Crippen LogP contribution is 2.34. The Morgan fingerprint density at radius 1 is 1.15 bits per heavy atom. The molecule has 4 aromatic rings. The number of carbonyl (C=O) groups excluding carboxylic acids is 1. The first kappa shape index (κ1) is 23.0. The Kier molecular flexibility index (Phi) is 6.51. The lowest BCUT2D eigenvalue weighted by molar-refractivity contribution is -0.137. The third-order valence-electron chi connectivity index (χ3n) is 5.08. The zero-order valence-electron chi connectivity index (χ0n) is 18.0. The largest absolute Gasteiger partial charge is 0.460 e. The summed E-state index contributed by atoms with van der Waals surface area (Å²) in [5.41, 5.74) is 1.95. The Morgan fingerprint density at radius 3 is 2.61 bits per heavy atom. The minimum Gasteiger partial charge on any atom is -0.460 e. The lowest BCUT2D eigenvalue weighted by Crippen LogP contribution is -2.05. The summed E-state index contributed by atoms with van der Waals surface area (Å²) in [6.07, 6.45) is -4.44. The van der Waals surface area contributed by atoms with Gasteiger partial charge in [0, 0.05) is 11.3 Å². The van der Waals surface area contributed by atoms with Crippen LogP contribution >= 0.6 is 11.8 Å². The quantitative estimate of drug-likeness (QED) is 0.227. The molecular formula is C24H21F3N2O3S. The molecule has 0 aliphatic heterocycles. The summed E-state index contributed by atoms with van der Waals surface area (Å²) in [4.78, 5) is 16.4. The molecule has 2 aromatic carbocycles. The van der Waals surface area contributed by atoms with Gasteiger partial charge < -0.3 is 13.7 Å². The maximum atomic E-state index is 13.2. The van der Waals surface area contributed by atoms with E-state index in [9.17, 15) is 18.0 Å². The van der Waals surface area contributed by atoms with Gasteiger partial charge in [-0.3, -0.25) is 0 Å². The number of thioether (sulfide) groups is 1. The van der Waals surface area contributed by atoms with Crippen LogP contribution < -0.4 is 0 Å². The zero-order valence-corrected chi connectivity index (χ0v) is 18.8. The number of imidazole rings is 1. The van der Waals surface area contributed by atoms with E-state index in [2.05, 4.69) is 4.98 Å². The average molecular weight is 475 g/mol. The van der Waals surface area contributed by atoms with E-state index in [1.54, 1.807) is 19.9 Å². The number of aryl methyl sites for hydroxylation is 1. The molecule has 0 bridgehead atoms. The third-order valence-corrected chi connectivity index (χ3v) is 6.10. The first-order valence-corrected chi connectivity index (χ1v) is 11.3. The SMILES string of the molecule is CCOC(=O)c1cc(CSc2nc3cc(C(F)(F)F)ccc3n2Cc2ccccc2)c(C)o1. The number of halogens is 3. The topological polar surface area (TPSA) is 57.3 Å². The smallest absolute Gasteiger partial charge is 0.416 e. The van der Waals surface area contributed by atoms with E-state index >= 15 is 0 Å². The molecule has 0 saturated heterocycles. The summed E-state index contributed by atoms with van der Waals surface area (Å²) < 4.78 is 52.0. The lowest BCUT2D eigenvalue weighted by atomic mass is 10.2. The summed E-state index contributed by atoms with van der Waals surface area (Å²) in [5.74, 6) is 0.597. The van der Waals surface area contributed by atoms with Crippen LogP contribution in [0.5, 0.6) is 0 Å². The number of hydrogen-bond acceptors (Lipinski definition) is 5. The number of fused-ring (bicyclic) bond motifs is 1. The van der Waals surface area contributed by atoms with Crippen LogP contribution in [0, 0.1) is 6.92 Å². The molecular weight excluding hydrogens is 453 g/mol. The Bertz CT molecular complexity index is 1280. The molecule has 5 nitrogen and oxygen atoms in total. The first-order valence-electron chi connectivity index (χ1n) is 10.3. The van der Waals surface area contributed by atoms with Crippen molar-refractivity contribution in [2.75, 3.05) is 6.61 Å². The van der Waals surface area contributed by atoms with Gasteiger partial charge in [0.25, 0.3) is 0 Å². The molecule has 0 N–H and O–H groups in total. The molecule has 0 unspecified atom stereocenters. The summed E-state index contributed by atoms with van der Waals surface area (Å²) in [5, 5.41) is 0.575. The van der Waals surface area contributed by atoms with Crippen molar-refractivity contribution in [3.63, 3.8) is 0 Å². The van der Waals surface area contributed by atoms with Crippen LogP contribution in [0.4, 0.5) is 13.2 Å². The second kappa shape index (κ2) is 9.35. The molecule has 172 valence electrons. The van der Waals surface area contributed by atoms with Crippen molar-refractivity contribution in [3.05, 3.63) is 82.8 Å². The molecule has 0 radical (unpaired) electrons. The van der Waals surface area contributed by atoms with Crippen LogP contribution in [-0.4, -0.2) is 22.1 Å². The molecule has 0 aliphatic rings. The van der Waals surface area contributed by atoms with Crippen molar-refractivity contribution in [3.8, 4) is 0 Å². The summed E-state index contributed by atoms with van der Waals surface area (Å²) >= 11 is 1.37. The molecule has 0 aliphatic carbocycles. The Balaban J connectivity index is 1.67. The van der Waals surface area contributed by atoms with Gasteiger partial charge in [-0.25, -0.2) is 9.78 Å². The van der Waals surface area contributed by atoms with Gasteiger partial charge in [-0.15, -0.1) is 0 Å². The van der Waals surface area contributed by atoms with Crippen molar-refractivity contribution in [2.24, 2.45) is 0 Å². The molecule has 4 rings (SSSR count). The number of alkyl halides is 3. The van der Waals surface area contributed by atoms with E-state index in [1.807, 2.05) is 34.9 Å². The first-order chi connectivity index (χ1) is 15.8. The van der Waals surface area contributed by atoms with Crippen LogP contribution in [0.15, 0.2) is 64.2 Å². The van der Waals surface area contributed by atoms with Gasteiger partial charge in [-0.05, 0) is 43.7 Å². The number of esters is 1. The third kappa shape index (κ3) is 5.08. The summed E-state index contributed by atoms with van der Waals surface area (Å²) in [6, 6.07) is 14.9. The minimum absolute atomic E-state index is 0.123. The Labute approximate surface area is 192 Å². The molecule has 0 amide bonds. The fourth-order valence-corrected chi connectivity index (χ4v) is 4.47. The molecule has 9 heteroatoms. The number of carbonyl (C=O) groups is 1. The predicted molar refractivity (Wildman–Crippen MR) is 119 cm³/mol. The number of furan rings is 1. The van der Waals surface area contributed by atoms with Crippen molar-refractivity contribution in [1.82, 2.24) is 9.55 Å². The highest BCUT2D eigenvalue weighted by molar-refractivity contribution is 7.98. The van der Waals surface area contributed by atoms with E-state index in [1.165, 1.54) is 17.8 Å². The van der Waals surface area contributed by atoms with Gasteiger partial charge in [0.05, 0.1) is 29.7 Å². The van der Waals surface area contributed by atoms with Gasteiger partial charge in [0.2, 0.25) is 5.76 Å². The van der Waals surface area contributed by atoms with Gasteiger partial charge in [-0.1, -0.05) is 42.1 Å². The molecule has 0 fully saturated rings. The van der Waals surface area contributed by atoms with Crippen molar-refractivity contribution >= 4 is 28.8 Å². The number of hydrogen-bond donors (Lipinski definition) is 0. The number of rotatable bonds is 7. The fraction of sp³-hybridized carbons (Fsp3) is 0.250. The van der Waals surface area contributed by atoms with Crippen LogP contribution in [-0.2, 0) is 23.2 Å². The number of nitrogens with zero attached hydrogens (tertiary/aromatic N) is 2. The summed E-state index contributed by atoms with van der Waals surface area (Å²) in [7, 11) is 0. The molecule has 0 spiro atoms.